The molecule has 0 atom stereocenters. The van der Waals surface area contributed by atoms with Crippen LogP contribution >= 0.6 is 11.6 Å². The highest BCUT2D eigenvalue weighted by Crippen LogP contribution is 2.35. The molecule has 2 nitrogen and oxygen atoms in total. The van der Waals surface area contributed by atoms with E-state index in [-0.39, 0.29) is 10.6 Å². The van der Waals surface area contributed by atoms with Crippen LogP contribution in [0, 0.1) is 0 Å². The Labute approximate surface area is 136 Å². The van der Waals surface area contributed by atoms with Crippen molar-refractivity contribution < 1.29 is 18.0 Å². The number of benzene rings is 2. The van der Waals surface area contributed by atoms with Gasteiger partial charge in [0.25, 0.3) is 0 Å². The first kappa shape index (κ1) is 17.1. The van der Waals surface area contributed by atoms with Gasteiger partial charge in [-0.05, 0) is 29.3 Å². The number of halogens is 4. The highest BCUT2D eigenvalue weighted by molar-refractivity contribution is 6.31. The van der Waals surface area contributed by atoms with E-state index in [1.807, 2.05) is 30.3 Å². The molecule has 2 aromatic carbocycles. The molecule has 23 heavy (non-hydrogen) atoms. The van der Waals surface area contributed by atoms with E-state index in [4.69, 9.17) is 11.6 Å². The van der Waals surface area contributed by atoms with Crippen LogP contribution in [0.4, 0.5) is 13.2 Å². The minimum atomic E-state index is -4.53. The van der Waals surface area contributed by atoms with Gasteiger partial charge in [0.05, 0.1) is 10.6 Å². The van der Waals surface area contributed by atoms with Crippen molar-refractivity contribution in [1.29, 1.82) is 0 Å². The molecule has 0 bridgehead atoms. The minimum absolute atomic E-state index is 0.247. The van der Waals surface area contributed by atoms with Crippen molar-refractivity contribution in [1.82, 2.24) is 5.32 Å². The highest BCUT2D eigenvalue weighted by atomic mass is 35.5. The number of carbonyl (C=O) groups excluding carboxylic acids is 1. The molecule has 0 fully saturated rings. The third-order valence-electron chi connectivity index (χ3n) is 3.03. The van der Waals surface area contributed by atoms with Crippen molar-refractivity contribution in [3.8, 4) is 0 Å². The molecule has 0 aromatic heterocycles. The van der Waals surface area contributed by atoms with E-state index in [1.165, 1.54) is 18.2 Å². The normalized spacial score (nSPS) is 11.7. The Balaban J connectivity index is 2.01. The van der Waals surface area contributed by atoms with Gasteiger partial charge in [0.2, 0.25) is 5.91 Å². The molecule has 0 saturated heterocycles. The lowest BCUT2D eigenvalue weighted by atomic mass is 10.1. The van der Waals surface area contributed by atoms with Crippen molar-refractivity contribution in [3.05, 3.63) is 76.3 Å². The van der Waals surface area contributed by atoms with Crippen LogP contribution in [0.5, 0.6) is 0 Å². The number of rotatable bonds is 4. The molecule has 0 saturated carbocycles. The highest BCUT2D eigenvalue weighted by Gasteiger charge is 2.33. The fourth-order valence-electron chi connectivity index (χ4n) is 1.88. The summed E-state index contributed by atoms with van der Waals surface area (Å²) in [7, 11) is 0. The van der Waals surface area contributed by atoms with Gasteiger partial charge >= 0.3 is 6.18 Å². The van der Waals surface area contributed by atoms with Crippen LogP contribution < -0.4 is 5.32 Å². The number of hydrogen-bond donors (Lipinski definition) is 1. The quantitative estimate of drug-likeness (QED) is 0.804. The molecule has 2 rings (SSSR count). The maximum Gasteiger partial charge on any atom is 0.417 e. The summed E-state index contributed by atoms with van der Waals surface area (Å²) >= 11 is 5.54. The topological polar surface area (TPSA) is 29.1 Å². The molecule has 0 aliphatic carbocycles. The zero-order valence-electron chi connectivity index (χ0n) is 11.9. The maximum absolute atomic E-state index is 12.7. The third-order valence-corrected chi connectivity index (χ3v) is 3.36. The Bertz CT molecular complexity index is 712. The number of hydrogen-bond acceptors (Lipinski definition) is 1. The zero-order chi connectivity index (χ0) is 16.9. The molecule has 1 amide bonds. The zero-order valence-corrected chi connectivity index (χ0v) is 12.7. The van der Waals surface area contributed by atoms with Crippen LogP contribution in [-0.2, 0) is 17.5 Å². The summed E-state index contributed by atoms with van der Waals surface area (Å²) in [6.07, 6.45) is -2.03. The van der Waals surface area contributed by atoms with Gasteiger partial charge in [-0.2, -0.15) is 13.2 Å². The molecule has 6 heteroatoms. The van der Waals surface area contributed by atoms with Gasteiger partial charge in [-0.3, -0.25) is 4.79 Å². The van der Waals surface area contributed by atoms with Crippen molar-refractivity contribution in [2.75, 3.05) is 0 Å². The molecular formula is C17H13ClF3NO. The van der Waals surface area contributed by atoms with E-state index in [1.54, 1.807) is 0 Å². The molecule has 0 aliphatic rings. The van der Waals surface area contributed by atoms with Crippen LogP contribution in [-0.4, -0.2) is 5.91 Å². The van der Waals surface area contributed by atoms with Gasteiger partial charge in [-0.15, -0.1) is 0 Å². The molecule has 0 aliphatic heterocycles. The van der Waals surface area contributed by atoms with Gasteiger partial charge in [-0.1, -0.05) is 48.0 Å². The smallest absolute Gasteiger partial charge is 0.348 e. The SMILES string of the molecule is O=C(/C=C/c1ccc(Cl)c(C(F)(F)F)c1)NCc1ccccc1. The number of alkyl halides is 3. The second-order valence-electron chi connectivity index (χ2n) is 4.77. The molecule has 0 unspecified atom stereocenters. The van der Waals surface area contributed by atoms with Gasteiger partial charge < -0.3 is 5.32 Å². The van der Waals surface area contributed by atoms with Crippen molar-refractivity contribution >= 4 is 23.6 Å². The first-order chi connectivity index (χ1) is 10.9. The molecule has 0 spiro atoms. The lowest BCUT2D eigenvalue weighted by molar-refractivity contribution is -0.137. The standard InChI is InChI=1S/C17H13ClF3NO/c18-15-8-6-12(10-14(15)17(19,20)21)7-9-16(23)22-11-13-4-2-1-3-5-13/h1-10H,11H2,(H,22,23)/b9-7+. The first-order valence-electron chi connectivity index (χ1n) is 6.73. The second-order valence-corrected chi connectivity index (χ2v) is 5.18. The predicted octanol–water partition coefficient (Wildman–Crippen LogP) is 4.69. The average Bonchev–Trinajstić information content (AvgIpc) is 2.52. The summed E-state index contributed by atoms with van der Waals surface area (Å²) in [5.74, 6) is -0.391. The van der Waals surface area contributed by atoms with Crippen LogP contribution in [0.15, 0.2) is 54.6 Å². The molecular weight excluding hydrogens is 327 g/mol. The minimum Gasteiger partial charge on any atom is -0.348 e. The third kappa shape index (κ3) is 5.14. The van der Waals surface area contributed by atoms with E-state index in [2.05, 4.69) is 5.32 Å². The van der Waals surface area contributed by atoms with Crippen LogP contribution in [0.1, 0.15) is 16.7 Å². The lowest BCUT2D eigenvalue weighted by Crippen LogP contribution is -2.20. The Hall–Kier alpha value is -2.27. The van der Waals surface area contributed by atoms with Gasteiger partial charge in [-0.25, -0.2) is 0 Å². The van der Waals surface area contributed by atoms with Gasteiger partial charge in [0.1, 0.15) is 0 Å². The average molecular weight is 340 g/mol. The fraction of sp³-hybridized carbons (Fsp3) is 0.118. The largest absolute Gasteiger partial charge is 0.417 e. The van der Waals surface area contributed by atoms with Crippen LogP contribution in [0.2, 0.25) is 5.02 Å². The molecule has 1 N–H and O–H groups in total. The molecule has 0 heterocycles. The summed E-state index contributed by atoms with van der Waals surface area (Å²) in [5.41, 5.74) is 0.252. The van der Waals surface area contributed by atoms with Gasteiger partial charge in [0.15, 0.2) is 0 Å². The fourth-order valence-corrected chi connectivity index (χ4v) is 2.10. The Morgan fingerprint density at radius 1 is 1.13 bits per heavy atom. The Morgan fingerprint density at radius 3 is 2.48 bits per heavy atom. The maximum atomic E-state index is 12.7. The molecule has 0 radical (unpaired) electrons. The number of carbonyl (C=O) groups is 1. The van der Waals surface area contributed by atoms with E-state index < -0.39 is 17.6 Å². The van der Waals surface area contributed by atoms with Crippen molar-refractivity contribution in [3.63, 3.8) is 0 Å². The van der Waals surface area contributed by atoms with Gasteiger partial charge in [0, 0.05) is 12.6 Å². The summed E-state index contributed by atoms with van der Waals surface area (Å²) in [5, 5.41) is 2.28. The van der Waals surface area contributed by atoms with Crippen molar-refractivity contribution in [2.45, 2.75) is 12.7 Å². The second kappa shape index (κ2) is 7.33. The Morgan fingerprint density at radius 2 is 1.83 bits per heavy atom. The summed E-state index contributed by atoms with van der Waals surface area (Å²) in [4.78, 5) is 11.7. The number of amides is 1. The first-order valence-corrected chi connectivity index (χ1v) is 7.10. The summed E-state index contributed by atoms with van der Waals surface area (Å²) in [6, 6.07) is 12.8. The molecule has 2 aromatic rings. The number of nitrogens with one attached hydrogen (secondary N) is 1. The van der Waals surface area contributed by atoms with E-state index in [0.29, 0.717) is 6.54 Å². The Kier molecular flexibility index (Phi) is 5.45. The van der Waals surface area contributed by atoms with Crippen molar-refractivity contribution in [2.24, 2.45) is 0 Å². The lowest BCUT2D eigenvalue weighted by Gasteiger charge is -2.09. The summed E-state index contributed by atoms with van der Waals surface area (Å²) in [6.45, 7) is 0.346. The van der Waals surface area contributed by atoms with E-state index in [9.17, 15) is 18.0 Å². The van der Waals surface area contributed by atoms with E-state index >= 15 is 0 Å². The van der Waals surface area contributed by atoms with Crippen LogP contribution in [0.25, 0.3) is 6.08 Å². The predicted molar refractivity (Wildman–Crippen MR) is 83.8 cm³/mol. The van der Waals surface area contributed by atoms with E-state index in [0.717, 1.165) is 17.7 Å². The monoisotopic (exact) mass is 339 g/mol. The molecule has 120 valence electrons. The summed E-state index contributed by atoms with van der Waals surface area (Å²) < 4.78 is 38.2. The van der Waals surface area contributed by atoms with Crippen LogP contribution in [0.3, 0.4) is 0 Å².